The van der Waals surface area contributed by atoms with Gasteiger partial charge in [-0.3, -0.25) is 9.78 Å². The number of benzene rings is 3. The molecule has 0 amide bonds. The Morgan fingerprint density at radius 2 is 1.46 bits per heavy atom. The van der Waals surface area contributed by atoms with Crippen LogP contribution in [0.5, 0.6) is 0 Å². The number of Topliss-reactive ketones (excluding diaryl/α,β-unsaturated/α-hetero) is 1. The Labute approximate surface area is 323 Å². The van der Waals surface area contributed by atoms with E-state index in [0.29, 0.717) is 31.6 Å². The number of fused-ring (bicyclic) bond motifs is 4. The van der Waals surface area contributed by atoms with Gasteiger partial charge in [-0.2, -0.15) is 0 Å². The molecule has 5 heteroatoms. The van der Waals surface area contributed by atoms with Gasteiger partial charge in [-0.1, -0.05) is 124 Å². The third kappa shape index (κ3) is 8.43. The molecule has 2 aromatic heterocycles. The number of carbonyl (C=O) groups is 1. The minimum Gasteiger partial charge on any atom is -0.511 e. The fraction of sp³-hybridized carbons (Fsp3) is 0.467. The van der Waals surface area contributed by atoms with Crippen LogP contribution >= 0.6 is 11.3 Å². The zero-order valence-electron chi connectivity index (χ0n) is 34.9. The zero-order valence-corrected chi connectivity index (χ0v) is 35.1. The second-order valence-electron chi connectivity index (χ2n) is 15.5. The average molecular weight is 872 g/mol. The van der Waals surface area contributed by atoms with Crippen LogP contribution in [0.3, 0.4) is 0 Å². The predicted molar refractivity (Wildman–Crippen MR) is 214 cm³/mol. The molecule has 0 spiro atoms. The quantitative estimate of drug-likeness (QED) is 0.0864. The summed E-state index contributed by atoms with van der Waals surface area (Å²) in [5.74, 6) is -0.0691. The monoisotopic (exact) mass is 872 g/mol. The maximum atomic E-state index is 12.8. The van der Waals surface area contributed by atoms with Crippen LogP contribution in [-0.4, -0.2) is 15.9 Å². The molecule has 0 saturated heterocycles. The van der Waals surface area contributed by atoms with E-state index in [1.807, 2.05) is 45.2 Å². The van der Waals surface area contributed by atoms with Crippen LogP contribution in [0.25, 0.3) is 42.2 Å². The Morgan fingerprint density at radius 1 is 0.860 bits per heavy atom. The van der Waals surface area contributed by atoms with E-state index in [0.717, 1.165) is 23.1 Å². The van der Waals surface area contributed by atoms with Crippen LogP contribution in [0, 0.1) is 22.8 Å². The van der Waals surface area contributed by atoms with Crippen LogP contribution in [0.15, 0.2) is 72.1 Å². The van der Waals surface area contributed by atoms with Crippen molar-refractivity contribution in [2.45, 2.75) is 121 Å². The van der Waals surface area contributed by atoms with Crippen LogP contribution in [-0.2, 0) is 36.7 Å². The molecular formula is C45H58IrNO2S-. The third-order valence-corrected chi connectivity index (χ3v) is 12.0. The summed E-state index contributed by atoms with van der Waals surface area (Å²) in [4.78, 5) is 17.7. The van der Waals surface area contributed by atoms with Crippen molar-refractivity contribution in [3.8, 4) is 11.3 Å². The number of thiophene rings is 1. The van der Waals surface area contributed by atoms with E-state index in [1.54, 1.807) is 13.8 Å². The van der Waals surface area contributed by atoms with Crippen LogP contribution < -0.4 is 0 Å². The molecule has 0 saturated carbocycles. The summed E-state index contributed by atoms with van der Waals surface area (Å²) in [5.41, 5.74) is 3.16. The number of pyridine rings is 1. The molecule has 1 N–H and O–H groups in total. The molecule has 0 atom stereocenters. The van der Waals surface area contributed by atoms with Crippen molar-refractivity contribution < 1.29 is 34.1 Å². The predicted octanol–water partition coefficient (Wildman–Crippen LogP) is 13.6. The Bertz CT molecular complexity index is 2080. The first kappa shape index (κ1) is 36.9. The average Bonchev–Trinajstić information content (AvgIpc) is 3.49. The third-order valence-electron chi connectivity index (χ3n) is 10.7. The largest absolute Gasteiger partial charge is 0.511 e. The summed E-state index contributed by atoms with van der Waals surface area (Å²) >= 11 is 1.89. The van der Waals surface area contributed by atoms with Gasteiger partial charge in [0.2, 0.25) is 0 Å². The molecule has 5 rings (SSSR count). The minimum atomic E-state index is -2.60. The maximum absolute atomic E-state index is 12.8. The number of hydrogen-bond acceptors (Lipinski definition) is 4. The van der Waals surface area contributed by atoms with E-state index in [1.165, 1.54) is 36.7 Å². The fourth-order valence-electron chi connectivity index (χ4n) is 6.42. The summed E-state index contributed by atoms with van der Waals surface area (Å²) < 4.78 is 25.8. The molecule has 0 aliphatic rings. The molecule has 0 aliphatic carbocycles. The second-order valence-corrected chi connectivity index (χ2v) is 16.5. The first-order valence-corrected chi connectivity index (χ1v) is 18.8. The Balaban J connectivity index is 0.000000305. The molecule has 0 fully saturated rings. The van der Waals surface area contributed by atoms with Gasteiger partial charge in [0.15, 0.2) is 5.78 Å². The number of aliphatic hydroxyl groups excluding tert-OH is 1. The Morgan fingerprint density at radius 3 is 2.04 bits per heavy atom. The molecule has 3 nitrogen and oxygen atoms in total. The van der Waals surface area contributed by atoms with E-state index in [2.05, 4.69) is 95.3 Å². The number of nitrogens with zero attached hydrogens (tertiary/aromatic N) is 1. The summed E-state index contributed by atoms with van der Waals surface area (Å²) in [6.45, 7) is 19.9. The van der Waals surface area contributed by atoms with E-state index >= 15 is 0 Å². The SMILES string of the molecule is CC(C)Cc1cccc2c1sc1c(-c3[c-]c4ccccc4c(C(C)(C)C)c3)nccc12.[2H]C([2H])([2H])/C(C(=O)C(C)(CC)CC)=C(/O)C(C)(CC)CC.[Ir]. The van der Waals surface area contributed by atoms with Gasteiger partial charge < -0.3 is 5.11 Å². The zero-order chi connectivity index (χ0) is 38.8. The van der Waals surface area contributed by atoms with E-state index in [9.17, 15) is 9.90 Å². The number of carbonyl (C=O) groups excluding carboxylic acids is 1. The smallest absolute Gasteiger partial charge is 0.167 e. The number of allylic oxidation sites excluding steroid dienone is 2. The van der Waals surface area contributed by atoms with Crippen LogP contribution in [0.2, 0.25) is 0 Å². The second kappa shape index (κ2) is 16.7. The summed E-state index contributed by atoms with van der Waals surface area (Å²) in [6.07, 6.45) is 5.31. The summed E-state index contributed by atoms with van der Waals surface area (Å²) in [6, 6.07) is 23.5. The van der Waals surface area contributed by atoms with Gasteiger partial charge in [-0.25, -0.2) is 0 Å². The van der Waals surface area contributed by atoms with Crippen molar-refractivity contribution in [3.63, 3.8) is 0 Å². The van der Waals surface area contributed by atoms with Crippen molar-refractivity contribution in [3.05, 3.63) is 89.3 Å². The molecule has 1 radical (unpaired) electrons. The van der Waals surface area contributed by atoms with E-state index < -0.39 is 23.5 Å². The number of rotatable bonds is 10. The number of aliphatic hydroxyl groups is 1. The van der Waals surface area contributed by atoms with Gasteiger partial charge >= 0.3 is 0 Å². The Kier molecular flexibility index (Phi) is 12.3. The van der Waals surface area contributed by atoms with Gasteiger partial charge in [-0.15, -0.1) is 40.5 Å². The molecule has 0 unspecified atom stereocenters. The molecule has 3 aromatic carbocycles. The Hall–Kier alpha value is -2.85. The summed E-state index contributed by atoms with van der Waals surface area (Å²) in [7, 11) is 0. The number of ketones is 1. The van der Waals surface area contributed by atoms with E-state index in [4.69, 9.17) is 9.10 Å². The van der Waals surface area contributed by atoms with Gasteiger partial charge in [0.25, 0.3) is 0 Å². The topological polar surface area (TPSA) is 50.2 Å². The van der Waals surface area contributed by atoms with Gasteiger partial charge in [0, 0.05) is 67.3 Å². The molecule has 5 aromatic rings. The van der Waals surface area contributed by atoms with Crippen molar-refractivity contribution >= 4 is 48.1 Å². The first-order valence-electron chi connectivity index (χ1n) is 19.5. The summed E-state index contributed by atoms with van der Waals surface area (Å²) in [5, 5.41) is 15.7. The van der Waals surface area contributed by atoms with Crippen molar-refractivity contribution in [2.75, 3.05) is 0 Å². The molecular weight excluding hydrogens is 811 g/mol. The van der Waals surface area contributed by atoms with Gasteiger partial charge in [0.05, 0.1) is 0 Å². The number of aromatic nitrogens is 1. The van der Waals surface area contributed by atoms with Gasteiger partial charge in [0.1, 0.15) is 5.76 Å². The first-order chi connectivity index (χ1) is 24.3. The number of hydrogen-bond donors (Lipinski definition) is 1. The molecule has 0 aliphatic heterocycles. The van der Waals surface area contributed by atoms with Crippen LogP contribution in [0.4, 0.5) is 0 Å². The fourth-order valence-corrected chi connectivity index (χ4v) is 7.74. The molecule has 2 heterocycles. The molecule has 50 heavy (non-hydrogen) atoms. The van der Waals surface area contributed by atoms with Crippen molar-refractivity contribution in [1.29, 1.82) is 0 Å². The standard InChI is InChI=1S/C29H28NS.C16H30O2.Ir/c1-18(2)15-20-10-8-12-23-24-13-14-30-26(28(24)31-27(20)23)21-16-19-9-6-7-11-22(19)25(17-21)29(3,4)5;1-8-15(6,9-2)13(17)12(5)14(18)16(7,10-3)11-4;/h6-14,17-18H,15H2,1-5H3;17H,8-11H2,1-7H3;/q-1;;/b;13-12-;/i;5D3;. The van der Waals surface area contributed by atoms with Crippen molar-refractivity contribution in [2.24, 2.45) is 16.7 Å². The molecule has 271 valence electrons. The minimum absolute atomic E-state index is 0. The van der Waals surface area contributed by atoms with Crippen molar-refractivity contribution in [1.82, 2.24) is 4.98 Å². The van der Waals surface area contributed by atoms with Crippen LogP contribution in [0.1, 0.15) is 124 Å². The normalized spacial score (nSPS) is 14.0. The van der Waals surface area contributed by atoms with E-state index in [-0.39, 0.29) is 36.9 Å². The molecule has 0 bridgehead atoms. The van der Waals surface area contributed by atoms with Gasteiger partial charge in [-0.05, 0) is 67.3 Å². The maximum Gasteiger partial charge on any atom is 0.167 e.